The summed E-state index contributed by atoms with van der Waals surface area (Å²) in [6.45, 7) is 0.892. The number of rotatable bonds is 4. The van der Waals surface area contributed by atoms with Gasteiger partial charge in [0.15, 0.2) is 0 Å². The van der Waals surface area contributed by atoms with Gasteiger partial charge in [-0.25, -0.2) is 4.79 Å². The lowest BCUT2D eigenvalue weighted by molar-refractivity contribution is -0.143. The molecule has 7 heteroatoms. The highest BCUT2D eigenvalue weighted by molar-refractivity contribution is 7.99. The van der Waals surface area contributed by atoms with Crippen molar-refractivity contribution in [1.82, 2.24) is 4.90 Å². The second-order valence-corrected chi connectivity index (χ2v) is 7.38. The Morgan fingerprint density at radius 1 is 1.11 bits per heavy atom. The number of piperidine rings is 1. The first-order chi connectivity index (χ1) is 13.1. The smallest absolute Gasteiger partial charge is 0.321 e. The zero-order valence-corrected chi connectivity index (χ0v) is 15.4. The highest BCUT2D eigenvalue weighted by Crippen LogP contribution is 2.31. The van der Waals surface area contributed by atoms with Crippen molar-refractivity contribution in [3.63, 3.8) is 0 Å². The highest BCUT2D eigenvalue weighted by atomic mass is 32.2. The van der Waals surface area contributed by atoms with E-state index in [9.17, 15) is 9.59 Å². The average molecular weight is 381 g/mol. The van der Waals surface area contributed by atoms with Crippen LogP contribution in [0.2, 0.25) is 0 Å². The molecular weight excluding hydrogens is 362 g/mol. The molecule has 6 nitrogen and oxygen atoms in total. The predicted octanol–water partition coefficient (Wildman–Crippen LogP) is 4.04. The van der Waals surface area contributed by atoms with Crippen LogP contribution >= 0.6 is 11.8 Å². The number of carboxylic acids is 1. The van der Waals surface area contributed by atoms with Gasteiger partial charge < -0.3 is 15.3 Å². The van der Waals surface area contributed by atoms with Crippen LogP contribution in [-0.4, -0.2) is 35.1 Å². The fourth-order valence-corrected chi connectivity index (χ4v) is 3.81. The lowest BCUT2D eigenvalue weighted by Crippen LogP contribution is -2.42. The first-order valence-corrected chi connectivity index (χ1v) is 9.44. The van der Waals surface area contributed by atoms with Crippen LogP contribution in [0.25, 0.3) is 0 Å². The Labute approximate surface area is 161 Å². The van der Waals surface area contributed by atoms with Gasteiger partial charge in [-0.1, -0.05) is 23.9 Å². The van der Waals surface area contributed by atoms with Crippen molar-refractivity contribution in [1.29, 1.82) is 5.26 Å². The van der Waals surface area contributed by atoms with E-state index in [4.69, 9.17) is 10.4 Å². The minimum atomic E-state index is -0.791. The van der Waals surface area contributed by atoms with Gasteiger partial charge >= 0.3 is 12.0 Å². The Balaban J connectivity index is 1.57. The number of anilines is 1. The number of nitrogens with one attached hydrogen (secondary N) is 1. The first kappa shape index (κ1) is 18.8. The van der Waals surface area contributed by atoms with E-state index in [0.717, 1.165) is 9.79 Å². The number of likely N-dealkylation sites (tertiary alicyclic amines) is 1. The fourth-order valence-electron chi connectivity index (χ4n) is 2.91. The molecule has 0 radical (unpaired) electrons. The van der Waals surface area contributed by atoms with Crippen LogP contribution in [0.4, 0.5) is 10.5 Å². The minimum Gasteiger partial charge on any atom is -0.481 e. The van der Waals surface area contributed by atoms with E-state index in [1.54, 1.807) is 11.0 Å². The Kier molecular flexibility index (Phi) is 5.99. The van der Waals surface area contributed by atoms with Crippen molar-refractivity contribution in [2.24, 2.45) is 5.92 Å². The molecule has 2 amide bonds. The largest absolute Gasteiger partial charge is 0.481 e. The van der Waals surface area contributed by atoms with Crippen LogP contribution < -0.4 is 5.32 Å². The Morgan fingerprint density at radius 2 is 1.78 bits per heavy atom. The van der Waals surface area contributed by atoms with Gasteiger partial charge in [-0.2, -0.15) is 5.26 Å². The molecule has 0 spiro atoms. The molecule has 0 aliphatic carbocycles. The number of benzene rings is 2. The number of carboxylic acid groups (broad SMARTS) is 1. The van der Waals surface area contributed by atoms with Gasteiger partial charge in [0.2, 0.25) is 0 Å². The summed E-state index contributed by atoms with van der Waals surface area (Å²) in [5.41, 5.74) is 1.31. The molecule has 1 aliphatic rings. The normalized spacial score (nSPS) is 14.4. The number of hydrogen-bond acceptors (Lipinski definition) is 4. The zero-order chi connectivity index (χ0) is 19.2. The maximum absolute atomic E-state index is 12.3. The standard InChI is InChI=1S/C20H19N3O3S/c21-13-15-3-1-2-4-18(15)27-17-7-5-16(6-8-17)22-20(26)23-11-9-14(10-12-23)19(24)25/h1-8,14H,9-12H2,(H,22,26)(H,24,25). The SMILES string of the molecule is N#Cc1ccccc1Sc1ccc(NC(=O)N2CCC(C(=O)O)CC2)cc1. The van der Waals surface area contributed by atoms with Crippen molar-refractivity contribution < 1.29 is 14.7 Å². The first-order valence-electron chi connectivity index (χ1n) is 8.62. The second kappa shape index (κ2) is 8.60. The average Bonchev–Trinajstić information content (AvgIpc) is 2.70. The zero-order valence-electron chi connectivity index (χ0n) is 14.6. The van der Waals surface area contributed by atoms with Gasteiger partial charge in [0.1, 0.15) is 6.07 Å². The lowest BCUT2D eigenvalue weighted by Gasteiger charge is -2.30. The van der Waals surface area contributed by atoms with E-state index in [-0.39, 0.29) is 11.9 Å². The second-order valence-electron chi connectivity index (χ2n) is 6.26. The molecule has 138 valence electrons. The molecule has 1 aliphatic heterocycles. The molecule has 0 saturated carbocycles. The third-order valence-corrected chi connectivity index (χ3v) is 5.56. The van der Waals surface area contributed by atoms with Gasteiger partial charge in [-0.15, -0.1) is 0 Å². The van der Waals surface area contributed by atoms with Gasteiger partial charge in [0, 0.05) is 28.6 Å². The molecule has 0 bridgehead atoms. The molecule has 2 N–H and O–H groups in total. The molecule has 0 atom stereocenters. The van der Waals surface area contributed by atoms with Crippen LogP contribution in [0, 0.1) is 17.2 Å². The quantitative estimate of drug-likeness (QED) is 0.834. The Bertz CT molecular complexity index is 869. The van der Waals surface area contributed by atoms with Gasteiger partial charge in [0.05, 0.1) is 11.5 Å². The van der Waals surface area contributed by atoms with Crippen molar-refractivity contribution in [3.8, 4) is 6.07 Å². The van der Waals surface area contributed by atoms with Gasteiger partial charge in [0.25, 0.3) is 0 Å². The summed E-state index contributed by atoms with van der Waals surface area (Å²) in [5, 5.41) is 21.0. The number of nitriles is 1. The minimum absolute atomic E-state index is 0.214. The number of carbonyl (C=O) groups is 2. The third-order valence-electron chi connectivity index (χ3n) is 4.47. The molecule has 0 unspecified atom stereocenters. The summed E-state index contributed by atoms with van der Waals surface area (Å²) in [5.74, 6) is -1.15. The number of urea groups is 1. The molecule has 27 heavy (non-hydrogen) atoms. The van der Waals surface area contributed by atoms with Crippen LogP contribution in [0.15, 0.2) is 58.3 Å². The van der Waals surface area contributed by atoms with Crippen molar-refractivity contribution in [2.45, 2.75) is 22.6 Å². The van der Waals surface area contributed by atoms with Crippen molar-refractivity contribution in [3.05, 3.63) is 54.1 Å². The number of amides is 2. The highest BCUT2D eigenvalue weighted by Gasteiger charge is 2.26. The summed E-state index contributed by atoms with van der Waals surface area (Å²) in [4.78, 5) is 26.8. The molecule has 2 aromatic carbocycles. The number of carbonyl (C=O) groups excluding carboxylic acids is 1. The van der Waals surface area contributed by atoms with Crippen molar-refractivity contribution >= 4 is 29.4 Å². The lowest BCUT2D eigenvalue weighted by atomic mass is 9.97. The van der Waals surface area contributed by atoms with Crippen LogP contribution in [0.5, 0.6) is 0 Å². The molecule has 0 aromatic heterocycles. The maximum atomic E-state index is 12.3. The monoisotopic (exact) mass is 381 g/mol. The topological polar surface area (TPSA) is 93.4 Å². The van der Waals surface area contributed by atoms with Gasteiger partial charge in [-0.05, 0) is 49.2 Å². The van der Waals surface area contributed by atoms with E-state index < -0.39 is 5.97 Å². The summed E-state index contributed by atoms with van der Waals surface area (Å²) < 4.78 is 0. The van der Waals surface area contributed by atoms with Crippen LogP contribution in [0.1, 0.15) is 18.4 Å². The molecule has 2 aromatic rings. The summed E-state index contributed by atoms with van der Waals surface area (Å²) in [6.07, 6.45) is 0.966. The Morgan fingerprint density at radius 3 is 2.41 bits per heavy atom. The number of aliphatic carboxylic acids is 1. The summed E-state index contributed by atoms with van der Waals surface area (Å²) in [7, 11) is 0. The molecule has 3 rings (SSSR count). The number of hydrogen-bond donors (Lipinski definition) is 2. The maximum Gasteiger partial charge on any atom is 0.321 e. The van der Waals surface area contributed by atoms with Gasteiger partial charge in [-0.3, -0.25) is 4.79 Å². The van der Waals surface area contributed by atoms with E-state index in [2.05, 4.69) is 11.4 Å². The van der Waals surface area contributed by atoms with E-state index in [1.165, 1.54) is 11.8 Å². The molecular formula is C20H19N3O3S. The predicted molar refractivity (Wildman–Crippen MR) is 103 cm³/mol. The van der Waals surface area contributed by atoms with Crippen LogP contribution in [-0.2, 0) is 4.79 Å². The third kappa shape index (κ3) is 4.80. The number of nitrogens with zero attached hydrogens (tertiary/aromatic N) is 2. The van der Waals surface area contributed by atoms with Crippen LogP contribution in [0.3, 0.4) is 0 Å². The Hall–Kier alpha value is -2.98. The molecule has 1 heterocycles. The molecule has 1 fully saturated rings. The fraction of sp³-hybridized carbons (Fsp3) is 0.250. The van der Waals surface area contributed by atoms with Crippen molar-refractivity contribution in [2.75, 3.05) is 18.4 Å². The van der Waals surface area contributed by atoms with E-state index >= 15 is 0 Å². The summed E-state index contributed by atoms with van der Waals surface area (Å²) in [6, 6.07) is 16.8. The molecule has 1 saturated heterocycles. The van der Waals surface area contributed by atoms with E-state index in [0.29, 0.717) is 37.2 Å². The summed E-state index contributed by atoms with van der Waals surface area (Å²) >= 11 is 1.50. The van der Waals surface area contributed by atoms with E-state index in [1.807, 2.05) is 42.5 Å².